The number of thioether (sulfide) groups is 1. The Kier molecular flexibility index (Phi) is 1.65. The molecule has 1 fully saturated rings. The lowest BCUT2D eigenvalue weighted by atomic mass is 10.2. The second kappa shape index (κ2) is 2.64. The van der Waals surface area contributed by atoms with Gasteiger partial charge >= 0.3 is 0 Å². The van der Waals surface area contributed by atoms with Gasteiger partial charge in [0.15, 0.2) is 0 Å². The average Bonchev–Trinajstić information content (AvgIpc) is 2.59. The number of hydrogen-bond acceptors (Lipinski definition) is 3. The molecule has 0 spiro atoms. The minimum absolute atomic E-state index is 0.493. The molecule has 1 aliphatic rings. The molecule has 2 N–H and O–H groups in total. The Bertz CT molecular complexity index is 191. The van der Waals surface area contributed by atoms with Gasteiger partial charge in [-0.05, 0) is 6.07 Å². The molecule has 0 unspecified atom stereocenters. The van der Waals surface area contributed by atoms with Crippen LogP contribution in [0.25, 0.3) is 0 Å². The van der Waals surface area contributed by atoms with Crippen molar-refractivity contribution >= 4 is 11.8 Å². The zero-order valence-electron chi connectivity index (χ0n) is 5.50. The van der Waals surface area contributed by atoms with Crippen LogP contribution in [0.2, 0.25) is 0 Å². The molecule has 1 aliphatic heterocycles. The second-order valence-electron chi connectivity index (χ2n) is 2.28. The first-order chi connectivity index (χ1) is 4.97. The summed E-state index contributed by atoms with van der Waals surface area (Å²) >= 11 is 1.92. The van der Waals surface area contributed by atoms with Gasteiger partial charge in [0.25, 0.3) is 0 Å². The molecule has 2 rings (SSSR count). The zero-order chi connectivity index (χ0) is 6.81. The number of aromatic nitrogens is 2. The van der Waals surface area contributed by atoms with Crippen molar-refractivity contribution in [3.8, 4) is 0 Å². The van der Waals surface area contributed by atoms with Crippen LogP contribution < -0.4 is 5.32 Å². The Morgan fingerprint density at radius 2 is 2.70 bits per heavy atom. The van der Waals surface area contributed by atoms with Crippen molar-refractivity contribution < 1.29 is 0 Å². The third kappa shape index (κ3) is 1.04. The molecule has 2 heterocycles. The van der Waals surface area contributed by atoms with Gasteiger partial charge in [-0.25, -0.2) is 0 Å². The van der Waals surface area contributed by atoms with Crippen LogP contribution in [0, 0.1) is 0 Å². The topological polar surface area (TPSA) is 40.7 Å². The van der Waals surface area contributed by atoms with Crippen molar-refractivity contribution in [3.63, 3.8) is 0 Å². The summed E-state index contributed by atoms with van der Waals surface area (Å²) in [5.41, 5.74) is 1.20. The molecule has 10 heavy (non-hydrogen) atoms. The van der Waals surface area contributed by atoms with Gasteiger partial charge in [0.2, 0.25) is 0 Å². The van der Waals surface area contributed by atoms with Gasteiger partial charge in [-0.3, -0.25) is 10.4 Å². The molecule has 0 aromatic carbocycles. The SMILES string of the molecule is c1cc([C@H]2CSCN2)[nH]n1. The zero-order valence-corrected chi connectivity index (χ0v) is 6.32. The Balaban J connectivity index is 2.12. The number of H-pyrrole nitrogens is 1. The molecule has 0 amide bonds. The van der Waals surface area contributed by atoms with Gasteiger partial charge in [-0.2, -0.15) is 5.10 Å². The highest BCUT2D eigenvalue weighted by atomic mass is 32.2. The minimum Gasteiger partial charge on any atom is -0.299 e. The summed E-state index contributed by atoms with van der Waals surface area (Å²) in [4.78, 5) is 0. The summed E-state index contributed by atoms with van der Waals surface area (Å²) in [5.74, 6) is 2.21. The number of nitrogens with zero attached hydrogens (tertiary/aromatic N) is 1. The minimum atomic E-state index is 0.493. The van der Waals surface area contributed by atoms with Crippen LogP contribution in [0.5, 0.6) is 0 Å². The van der Waals surface area contributed by atoms with Crippen LogP contribution in [0.15, 0.2) is 12.3 Å². The van der Waals surface area contributed by atoms with Crippen molar-refractivity contribution in [2.75, 3.05) is 11.6 Å². The number of aromatic amines is 1. The molecule has 0 radical (unpaired) electrons. The molecule has 1 atom stereocenters. The van der Waals surface area contributed by atoms with E-state index >= 15 is 0 Å². The Morgan fingerprint density at radius 3 is 3.30 bits per heavy atom. The second-order valence-corrected chi connectivity index (χ2v) is 3.31. The highest BCUT2D eigenvalue weighted by molar-refractivity contribution is 7.99. The fourth-order valence-electron chi connectivity index (χ4n) is 1.06. The van der Waals surface area contributed by atoms with Gasteiger partial charge < -0.3 is 0 Å². The summed E-state index contributed by atoms with van der Waals surface area (Å²) in [5, 5.41) is 10.2. The lowest BCUT2D eigenvalue weighted by Crippen LogP contribution is -2.14. The van der Waals surface area contributed by atoms with Crippen molar-refractivity contribution in [3.05, 3.63) is 18.0 Å². The van der Waals surface area contributed by atoms with Gasteiger partial charge in [0.1, 0.15) is 0 Å². The van der Waals surface area contributed by atoms with E-state index in [1.165, 1.54) is 5.69 Å². The lowest BCUT2D eigenvalue weighted by molar-refractivity contribution is 0.653. The highest BCUT2D eigenvalue weighted by Gasteiger charge is 2.16. The summed E-state index contributed by atoms with van der Waals surface area (Å²) in [6, 6.07) is 2.51. The number of rotatable bonds is 1. The maximum atomic E-state index is 3.89. The fourth-order valence-corrected chi connectivity index (χ4v) is 2.03. The molecular weight excluding hydrogens is 146 g/mol. The molecule has 3 nitrogen and oxygen atoms in total. The van der Waals surface area contributed by atoms with E-state index in [-0.39, 0.29) is 0 Å². The van der Waals surface area contributed by atoms with Gasteiger partial charge in [-0.1, -0.05) is 0 Å². The van der Waals surface area contributed by atoms with Crippen molar-refractivity contribution in [1.29, 1.82) is 0 Å². The average molecular weight is 155 g/mol. The van der Waals surface area contributed by atoms with Crippen molar-refractivity contribution in [1.82, 2.24) is 15.5 Å². The molecule has 0 bridgehead atoms. The summed E-state index contributed by atoms with van der Waals surface area (Å²) in [6.07, 6.45) is 1.79. The van der Waals surface area contributed by atoms with E-state index in [1.807, 2.05) is 17.8 Å². The van der Waals surface area contributed by atoms with E-state index in [0.717, 1.165) is 11.6 Å². The summed E-state index contributed by atoms with van der Waals surface area (Å²) in [6.45, 7) is 0. The van der Waals surface area contributed by atoms with Gasteiger partial charge in [-0.15, -0.1) is 11.8 Å². The predicted octanol–water partition coefficient (Wildman–Crippen LogP) is 0.745. The fraction of sp³-hybridized carbons (Fsp3) is 0.500. The quantitative estimate of drug-likeness (QED) is 0.628. The maximum Gasteiger partial charge on any atom is 0.0588 e. The van der Waals surface area contributed by atoms with E-state index in [1.54, 1.807) is 6.20 Å². The van der Waals surface area contributed by atoms with E-state index < -0.39 is 0 Å². The Labute approximate surface area is 63.6 Å². The molecule has 1 aromatic rings. The van der Waals surface area contributed by atoms with Crippen LogP contribution in [0.1, 0.15) is 11.7 Å². The van der Waals surface area contributed by atoms with Gasteiger partial charge in [0, 0.05) is 17.8 Å². The standard InChI is InChI=1S/C6H9N3S/c1-2-8-9-5(1)6-3-10-4-7-6/h1-2,6-7H,3-4H2,(H,8,9)/t6-/m1/s1. The predicted molar refractivity (Wildman–Crippen MR) is 41.8 cm³/mol. The van der Waals surface area contributed by atoms with Crippen LogP contribution in [-0.4, -0.2) is 21.8 Å². The third-order valence-electron chi connectivity index (χ3n) is 1.61. The molecule has 1 saturated heterocycles. The van der Waals surface area contributed by atoms with Crippen molar-refractivity contribution in [2.45, 2.75) is 6.04 Å². The normalized spacial score (nSPS) is 25.4. The molecule has 54 valence electrons. The maximum absolute atomic E-state index is 3.89. The lowest BCUT2D eigenvalue weighted by Gasteiger charge is -2.03. The number of hydrogen-bond donors (Lipinski definition) is 2. The molecule has 4 heteroatoms. The van der Waals surface area contributed by atoms with Crippen molar-refractivity contribution in [2.24, 2.45) is 0 Å². The van der Waals surface area contributed by atoms with E-state index in [0.29, 0.717) is 6.04 Å². The van der Waals surface area contributed by atoms with Crippen LogP contribution >= 0.6 is 11.8 Å². The molecule has 1 aromatic heterocycles. The van der Waals surface area contributed by atoms with E-state index in [4.69, 9.17) is 0 Å². The van der Waals surface area contributed by atoms with Crippen LogP contribution in [-0.2, 0) is 0 Å². The molecule has 0 saturated carbocycles. The first-order valence-corrected chi connectivity index (χ1v) is 4.43. The Hall–Kier alpha value is -0.480. The smallest absolute Gasteiger partial charge is 0.0588 e. The highest BCUT2D eigenvalue weighted by Crippen LogP contribution is 2.21. The largest absolute Gasteiger partial charge is 0.299 e. The first kappa shape index (κ1) is 6.24. The van der Waals surface area contributed by atoms with Crippen LogP contribution in [0.3, 0.4) is 0 Å². The molecule has 0 aliphatic carbocycles. The third-order valence-corrected chi connectivity index (χ3v) is 2.55. The number of nitrogens with one attached hydrogen (secondary N) is 2. The first-order valence-electron chi connectivity index (χ1n) is 3.27. The van der Waals surface area contributed by atoms with E-state index in [2.05, 4.69) is 15.5 Å². The summed E-state index contributed by atoms with van der Waals surface area (Å²) < 4.78 is 0. The molecular formula is C6H9N3S. The van der Waals surface area contributed by atoms with Gasteiger partial charge in [0.05, 0.1) is 11.7 Å². The monoisotopic (exact) mass is 155 g/mol. The van der Waals surface area contributed by atoms with E-state index in [9.17, 15) is 0 Å². The Morgan fingerprint density at radius 1 is 1.70 bits per heavy atom. The summed E-state index contributed by atoms with van der Waals surface area (Å²) in [7, 11) is 0. The van der Waals surface area contributed by atoms with Crippen LogP contribution in [0.4, 0.5) is 0 Å².